The van der Waals surface area contributed by atoms with Crippen LogP contribution in [0.15, 0.2) is 16.0 Å². The van der Waals surface area contributed by atoms with Crippen LogP contribution in [0.1, 0.15) is 13.3 Å². The summed E-state index contributed by atoms with van der Waals surface area (Å²) in [5.74, 6) is -1.22. The molecule has 0 unspecified atom stereocenters. The molecule has 0 aromatic carbocycles. The normalized spacial score (nSPS) is 13.6. The molecule has 7 nitrogen and oxygen atoms in total. The molecule has 0 aliphatic rings. The summed E-state index contributed by atoms with van der Waals surface area (Å²) in [4.78, 5) is 16.8. The van der Waals surface area contributed by atoms with E-state index >= 15 is 0 Å². The minimum Gasteiger partial charge on any atom is -0.480 e. The zero-order chi connectivity index (χ0) is 12.3. The third-order valence-electron chi connectivity index (χ3n) is 1.83. The summed E-state index contributed by atoms with van der Waals surface area (Å²) in [6, 6.07) is -1.15. The summed E-state index contributed by atoms with van der Waals surface area (Å²) in [5, 5.41) is 8.55. The number of sulfonamides is 1. The molecule has 1 aromatic rings. The monoisotopic (exact) mass is 311 g/mol. The Bertz CT molecular complexity index is 484. The molecule has 0 aliphatic heterocycles. The summed E-state index contributed by atoms with van der Waals surface area (Å²) in [6.07, 6.45) is 1.35. The maximum Gasteiger partial charge on any atom is 0.321 e. The number of H-pyrrole nitrogens is 1. The molecule has 0 radical (unpaired) electrons. The largest absolute Gasteiger partial charge is 0.480 e. The standard InChI is InChI=1S/C7H10BrN3O4S/c1-2-4(7(12)13)11-16(14,15)6-5(8)9-3-10-6/h3-4,11H,2H2,1H3,(H,9,10)(H,12,13)/t4-/m1/s1. The van der Waals surface area contributed by atoms with Gasteiger partial charge in [-0.25, -0.2) is 13.4 Å². The zero-order valence-electron chi connectivity index (χ0n) is 8.27. The average molecular weight is 312 g/mol. The van der Waals surface area contributed by atoms with Crippen LogP contribution in [-0.2, 0) is 14.8 Å². The van der Waals surface area contributed by atoms with Crippen LogP contribution in [0.4, 0.5) is 0 Å². The second kappa shape index (κ2) is 4.93. The molecule has 0 bridgehead atoms. The molecule has 9 heteroatoms. The summed E-state index contributed by atoms with van der Waals surface area (Å²) in [6.45, 7) is 1.57. The van der Waals surface area contributed by atoms with Crippen molar-refractivity contribution in [3.63, 3.8) is 0 Å². The first kappa shape index (κ1) is 13.1. The second-order valence-corrected chi connectivity index (χ2v) is 5.34. The number of halogens is 1. The Morgan fingerprint density at radius 1 is 1.75 bits per heavy atom. The Hall–Kier alpha value is -0.930. The number of carboxylic acids is 1. The van der Waals surface area contributed by atoms with Crippen molar-refractivity contribution in [3.05, 3.63) is 10.9 Å². The fourth-order valence-corrected chi connectivity index (χ4v) is 3.11. The molecule has 3 N–H and O–H groups in total. The van der Waals surface area contributed by atoms with Crippen LogP contribution in [0.3, 0.4) is 0 Å². The molecular formula is C7H10BrN3O4S. The molecule has 0 saturated carbocycles. The van der Waals surface area contributed by atoms with Crippen LogP contribution in [-0.4, -0.2) is 35.5 Å². The second-order valence-electron chi connectivity index (χ2n) is 2.94. The smallest absolute Gasteiger partial charge is 0.321 e. The van der Waals surface area contributed by atoms with E-state index in [1.165, 1.54) is 6.33 Å². The van der Waals surface area contributed by atoms with Crippen molar-refractivity contribution in [3.8, 4) is 0 Å². The summed E-state index contributed by atoms with van der Waals surface area (Å²) in [7, 11) is -3.90. The maximum absolute atomic E-state index is 11.7. The molecule has 0 aliphatic carbocycles. The molecule has 1 heterocycles. The minimum atomic E-state index is -3.90. The van der Waals surface area contributed by atoms with Crippen molar-refractivity contribution in [1.29, 1.82) is 0 Å². The lowest BCUT2D eigenvalue weighted by Gasteiger charge is -2.11. The Balaban J connectivity index is 2.97. The highest BCUT2D eigenvalue weighted by atomic mass is 79.9. The third-order valence-corrected chi connectivity index (χ3v) is 4.14. The number of aromatic nitrogens is 2. The van der Waals surface area contributed by atoms with Crippen molar-refractivity contribution in [2.24, 2.45) is 0 Å². The number of hydrogen-bond acceptors (Lipinski definition) is 4. The molecule has 1 aromatic heterocycles. The Morgan fingerprint density at radius 3 is 2.75 bits per heavy atom. The van der Waals surface area contributed by atoms with Gasteiger partial charge < -0.3 is 10.1 Å². The van der Waals surface area contributed by atoms with E-state index in [4.69, 9.17) is 5.11 Å². The third kappa shape index (κ3) is 2.80. The lowest BCUT2D eigenvalue weighted by atomic mass is 10.2. The highest BCUT2D eigenvalue weighted by Gasteiger charge is 2.26. The highest BCUT2D eigenvalue weighted by molar-refractivity contribution is 9.10. The SMILES string of the molecule is CC[C@@H](NS(=O)(=O)c1[nH]cnc1Br)C(=O)O. The van der Waals surface area contributed by atoms with E-state index in [9.17, 15) is 13.2 Å². The number of imidazole rings is 1. The van der Waals surface area contributed by atoms with Crippen LogP contribution < -0.4 is 4.72 Å². The molecular weight excluding hydrogens is 302 g/mol. The predicted molar refractivity (Wildman–Crippen MR) is 58.3 cm³/mol. The zero-order valence-corrected chi connectivity index (χ0v) is 10.7. The Labute approximate surface area is 100 Å². The molecule has 0 amide bonds. The van der Waals surface area contributed by atoms with Crippen molar-refractivity contribution in [1.82, 2.24) is 14.7 Å². The van der Waals surface area contributed by atoms with E-state index in [1.54, 1.807) is 6.92 Å². The predicted octanol–water partition coefficient (Wildman–Crippen LogP) is 0.314. The van der Waals surface area contributed by atoms with Crippen LogP contribution in [0, 0.1) is 0 Å². The van der Waals surface area contributed by atoms with Crippen LogP contribution in [0.5, 0.6) is 0 Å². The highest BCUT2D eigenvalue weighted by Crippen LogP contribution is 2.16. The Kier molecular flexibility index (Phi) is 4.05. The quantitative estimate of drug-likeness (QED) is 0.724. The van der Waals surface area contributed by atoms with Gasteiger partial charge in [0.2, 0.25) is 0 Å². The van der Waals surface area contributed by atoms with Gasteiger partial charge >= 0.3 is 5.97 Å². The van der Waals surface area contributed by atoms with Gasteiger partial charge in [0.05, 0.1) is 6.33 Å². The van der Waals surface area contributed by atoms with Crippen molar-refractivity contribution in [2.75, 3.05) is 0 Å². The van der Waals surface area contributed by atoms with Gasteiger partial charge in [0, 0.05) is 0 Å². The van der Waals surface area contributed by atoms with Crippen molar-refractivity contribution >= 4 is 31.9 Å². The number of carbonyl (C=O) groups is 1. The van der Waals surface area contributed by atoms with Gasteiger partial charge in [-0.05, 0) is 22.4 Å². The molecule has 0 spiro atoms. The fraction of sp³-hybridized carbons (Fsp3) is 0.429. The van der Waals surface area contributed by atoms with E-state index in [0.29, 0.717) is 0 Å². The molecule has 1 atom stereocenters. The van der Waals surface area contributed by atoms with Crippen LogP contribution >= 0.6 is 15.9 Å². The number of aromatic amines is 1. The number of rotatable bonds is 5. The van der Waals surface area contributed by atoms with Gasteiger partial charge in [0.1, 0.15) is 10.6 Å². The Morgan fingerprint density at radius 2 is 2.38 bits per heavy atom. The number of aliphatic carboxylic acids is 1. The van der Waals surface area contributed by atoms with Gasteiger partial charge in [-0.2, -0.15) is 4.72 Å². The van der Waals surface area contributed by atoms with E-state index < -0.39 is 22.0 Å². The maximum atomic E-state index is 11.7. The van der Waals surface area contributed by atoms with Crippen LogP contribution in [0.2, 0.25) is 0 Å². The van der Waals surface area contributed by atoms with E-state index in [0.717, 1.165) is 0 Å². The molecule has 1 rings (SSSR count). The van der Waals surface area contributed by atoms with Crippen LogP contribution in [0.25, 0.3) is 0 Å². The summed E-state index contributed by atoms with van der Waals surface area (Å²) < 4.78 is 25.6. The fourth-order valence-electron chi connectivity index (χ4n) is 1.01. The van der Waals surface area contributed by atoms with E-state index in [2.05, 4.69) is 30.6 Å². The molecule has 16 heavy (non-hydrogen) atoms. The van der Waals surface area contributed by atoms with Gasteiger partial charge in [-0.15, -0.1) is 0 Å². The lowest BCUT2D eigenvalue weighted by Crippen LogP contribution is -2.40. The minimum absolute atomic E-state index is 0.111. The van der Waals surface area contributed by atoms with E-state index in [1.807, 2.05) is 0 Å². The topological polar surface area (TPSA) is 112 Å². The number of carboxylic acid groups (broad SMARTS) is 1. The van der Waals surface area contributed by atoms with Gasteiger partial charge in [-0.1, -0.05) is 6.92 Å². The van der Waals surface area contributed by atoms with Crippen molar-refractivity contribution in [2.45, 2.75) is 24.4 Å². The van der Waals surface area contributed by atoms with Crippen molar-refractivity contribution < 1.29 is 18.3 Å². The molecule has 0 fully saturated rings. The first-order valence-electron chi connectivity index (χ1n) is 4.32. The number of hydrogen-bond donors (Lipinski definition) is 3. The first-order chi connectivity index (χ1) is 7.38. The van der Waals surface area contributed by atoms with E-state index in [-0.39, 0.29) is 16.0 Å². The summed E-state index contributed by atoms with van der Waals surface area (Å²) >= 11 is 2.94. The average Bonchev–Trinajstić information content (AvgIpc) is 2.61. The summed E-state index contributed by atoms with van der Waals surface area (Å²) in [5.41, 5.74) is 0. The van der Waals surface area contributed by atoms with Gasteiger partial charge in [0.25, 0.3) is 10.0 Å². The number of nitrogens with one attached hydrogen (secondary N) is 2. The molecule has 90 valence electrons. The lowest BCUT2D eigenvalue weighted by molar-refractivity contribution is -0.139. The molecule has 0 saturated heterocycles. The first-order valence-corrected chi connectivity index (χ1v) is 6.60. The van der Waals surface area contributed by atoms with Gasteiger partial charge in [-0.3, -0.25) is 4.79 Å². The van der Waals surface area contributed by atoms with Gasteiger partial charge in [0.15, 0.2) is 5.03 Å². The number of nitrogens with zero attached hydrogens (tertiary/aromatic N) is 1.